The van der Waals surface area contributed by atoms with Crippen molar-refractivity contribution < 1.29 is 0 Å². The van der Waals surface area contributed by atoms with Gasteiger partial charge in [-0.15, -0.1) is 0 Å². The molecule has 0 bridgehead atoms. The number of hydrogen-bond acceptors (Lipinski definition) is 4. The Hall–Kier alpha value is -2.50. The van der Waals surface area contributed by atoms with E-state index in [1.165, 1.54) is 5.56 Å². The van der Waals surface area contributed by atoms with Gasteiger partial charge >= 0.3 is 0 Å². The van der Waals surface area contributed by atoms with Gasteiger partial charge in [-0.2, -0.15) is 5.10 Å². The summed E-state index contributed by atoms with van der Waals surface area (Å²) in [6, 6.07) is 15.8. The SMILES string of the molecule is NCCCCCNCc1cccc(-c2n[nH]c(=O)c3ccccc23)c1. The van der Waals surface area contributed by atoms with Crippen LogP contribution in [0.5, 0.6) is 0 Å². The highest BCUT2D eigenvalue weighted by molar-refractivity contribution is 5.93. The number of benzene rings is 2. The van der Waals surface area contributed by atoms with Crippen LogP contribution in [-0.4, -0.2) is 23.3 Å². The number of nitrogens with two attached hydrogens (primary N) is 1. The van der Waals surface area contributed by atoms with E-state index in [0.717, 1.165) is 55.5 Å². The van der Waals surface area contributed by atoms with Gasteiger partial charge < -0.3 is 11.1 Å². The lowest BCUT2D eigenvalue weighted by Gasteiger charge is -2.08. The van der Waals surface area contributed by atoms with Crippen molar-refractivity contribution in [3.05, 3.63) is 64.4 Å². The zero-order chi connectivity index (χ0) is 17.5. The molecule has 0 spiro atoms. The molecule has 0 atom stereocenters. The first-order valence-corrected chi connectivity index (χ1v) is 8.77. The zero-order valence-corrected chi connectivity index (χ0v) is 14.3. The van der Waals surface area contributed by atoms with Gasteiger partial charge in [0.25, 0.3) is 5.56 Å². The van der Waals surface area contributed by atoms with E-state index in [9.17, 15) is 4.79 Å². The Morgan fingerprint density at radius 2 is 1.84 bits per heavy atom. The fourth-order valence-corrected chi connectivity index (χ4v) is 2.97. The molecule has 0 saturated carbocycles. The second kappa shape index (κ2) is 8.55. The number of unbranched alkanes of at least 4 members (excludes halogenated alkanes) is 2. The summed E-state index contributed by atoms with van der Waals surface area (Å²) in [7, 11) is 0. The monoisotopic (exact) mass is 336 g/mol. The molecular weight excluding hydrogens is 312 g/mol. The molecule has 0 unspecified atom stereocenters. The number of aromatic amines is 1. The minimum Gasteiger partial charge on any atom is -0.330 e. The minimum absolute atomic E-state index is 0.158. The van der Waals surface area contributed by atoms with Crippen molar-refractivity contribution in [2.45, 2.75) is 25.8 Å². The van der Waals surface area contributed by atoms with Crippen molar-refractivity contribution >= 4 is 10.8 Å². The Bertz CT molecular complexity index is 888. The third kappa shape index (κ3) is 4.32. The summed E-state index contributed by atoms with van der Waals surface area (Å²) in [5.41, 5.74) is 8.37. The highest BCUT2D eigenvalue weighted by Crippen LogP contribution is 2.24. The van der Waals surface area contributed by atoms with Crippen LogP contribution >= 0.6 is 0 Å². The Labute approximate surface area is 147 Å². The van der Waals surface area contributed by atoms with Crippen molar-refractivity contribution in [1.82, 2.24) is 15.5 Å². The molecule has 0 aliphatic carbocycles. The van der Waals surface area contributed by atoms with Crippen molar-refractivity contribution in [2.75, 3.05) is 13.1 Å². The number of nitrogens with one attached hydrogen (secondary N) is 2. The van der Waals surface area contributed by atoms with E-state index in [1.807, 2.05) is 36.4 Å². The lowest BCUT2D eigenvalue weighted by molar-refractivity contribution is 0.606. The molecule has 130 valence electrons. The van der Waals surface area contributed by atoms with Crippen LogP contribution in [0.3, 0.4) is 0 Å². The second-order valence-corrected chi connectivity index (χ2v) is 6.17. The van der Waals surface area contributed by atoms with Crippen molar-refractivity contribution in [3.8, 4) is 11.3 Å². The fraction of sp³-hybridized carbons (Fsp3) is 0.300. The Morgan fingerprint density at radius 3 is 2.68 bits per heavy atom. The van der Waals surface area contributed by atoms with E-state index in [1.54, 1.807) is 0 Å². The number of rotatable bonds is 8. The van der Waals surface area contributed by atoms with E-state index in [4.69, 9.17) is 5.73 Å². The van der Waals surface area contributed by atoms with Gasteiger partial charge in [-0.25, -0.2) is 5.10 Å². The predicted molar refractivity (Wildman–Crippen MR) is 102 cm³/mol. The molecule has 2 aromatic carbocycles. The maximum absolute atomic E-state index is 11.9. The maximum atomic E-state index is 11.9. The molecule has 1 heterocycles. The lowest BCUT2D eigenvalue weighted by atomic mass is 10.0. The highest BCUT2D eigenvalue weighted by Gasteiger charge is 2.08. The van der Waals surface area contributed by atoms with Crippen LogP contribution in [0.4, 0.5) is 0 Å². The van der Waals surface area contributed by atoms with Crippen LogP contribution in [0.1, 0.15) is 24.8 Å². The second-order valence-electron chi connectivity index (χ2n) is 6.17. The number of hydrogen-bond donors (Lipinski definition) is 3. The highest BCUT2D eigenvalue weighted by atomic mass is 16.1. The van der Waals surface area contributed by atoms with Crippen LogP contribution in [0.25, 0.3) is 22.0 Å². The summed E-state index contributed by atoms with van der Waals surface area (Å²) in [6.45, 7) is 2.57. The summed E-state index contributed by atoms with van der Waals surface area (Å²) >= 11 is 0. The van der Waals surface area contributed by atoms with E-state index < -0.39 is 0 Å². The van der Waals surface area contributed by atoms with Crippen molar-refractivity contribution in [3.63, 3.8) is 0 Å². The molecule has 5 nitrogen and oxygen atoms in total. The van der Waals surface area contributed by atoms with Crippen LogP contribution in [0, 0.1) is 0 Å². The fourth-order valence-electron chi connectivity index (χ4n) is 2.97. The molecule has 4 N–H and O–H groups in total. The number of nitrogens with zero attached hydrogens (tertiary/aromatic N) is 1. The van der Waals surface area contributed by atoms with E-state index in [-0.39, 0.29) is 5.56 Å². The van der Waals surface area contributed by atoms with Crippen LogP contribution in [-0.2, 0) is 6.54 Å². The molecule has 3 rings (SSSR count). The number of fused-ring (bicyclic) bond motifs is 1. The summed E-state index contributed by atoms with van der Waals surface area (Å²) in [4.78, 5) is 11.9. The Balaban J connectivity index is 1.76. The van der Waals surface area contributed by atoms with Crippen LogP contribution in [0.2, 0.25) is 0 Å². The number of H-pyrrole nitrogens is 1. The third-order valence-electron chi connectivity index (χ3n) is 4.28. The smallest absolute Gasteiger partial charge is 0.272 e. The van der Waals surface area contributed by atoms with Gasteiger partial charge in [-0.3, -0.25) is 4.79 Å². The van der Waals surface area contributed by atoms with Gasteiger partial charge in [0.2, 0.25) is 0 Å². The van der Waals surface area contributed by atoms with E-state index in [0.29, 0.717) is 5.39 Å². The van der Waals surface area contributed by atoms with Crippen molar-refractivity contribution in [2.24, 2.45) is 5.73 Å². The predicted octanol–water partition coefficient (Wildman–Crippen LogP) is 2.81. The van der Waals surface area contributed by atoms with Gasteiger partial charge in [0, 0.05) is 17.5 Å². The van der Waals surface area contributed by atoms with Gasteiger partial charge in [-0.1, -0.05) is 42.8 Å². The number of aromatic nitrogens is 2. The van der Waals surface area contributed by atoms with Crippen LogP contribution < -0.4 is 16.6 Å². The van der Waals surface area contributed by atoms with Gasteiger partial charge in [-0.05, 0) is 43.6 Å². The largest absolute Gasteiger partial charge is 0.330 e. The van der Waals surface area contributed by atoms with Gasteiger partial charge in [0.15, 0.2) is 0 Å². The van der Waals surface area contributed by atoms with E-state index in [2.05, 4.69) is 27.6 Å². The molecule has 0 aliphatic heterocycles. The maximum Gasteiger partial charge on any atom is 0.272 e. The molecule has 25 heavy (non-hydrogen) atoms. The molecule has 0 radical (unpaired) electrons. The average Bonchev–Trinajstić information content (AvgIpc) is 2.65. The zero-order valence-electron chi connectivity index (χ0n) is 14.3. The van der Waals surface area contributed by atoms with Crippen molar-refractivity contribution in [1.29, 1.82) is 0 Å². The topological polar surface area (TPSA) is 83.8 Å². The molecule has 0 fully saturated rings. The minimum atomic E-state index is -0.158. The Morgan fingerprint density at radius 1 is 1.00 bits per heavy atom. The molecule has 0 saturated heterocycles. The standard InChI is InChI=1S/C20H24N4O/c21-11-4-1-5-12-22-14-15-7-6-8-16(13-15)19-17-9-2-3-10-18(17)20(25)24-23-19/h2-3,6-10,13,22H,1,4-5,11-12,14,21H2,(H,24,25). The summed E-state index contributed by atoms with van der Waals surface area (Å²) < 4.78 is 0. The summed E-state index contributed by atoms with van der Waals surface area (Å²) in [5, 5.41) is 11.9. The molecule has 0 amide bonds. The lowest BCUT2D eigenvalue weighted by Crippen LogP contribution is -2.15. The average molecular weight is 336 g/mol. The quantitative estimate of drug-likeness (QED) is 0.552. The molecule has 0 aliphatic rings. The third-order valence-corrected chi connectivity index (χ3v) is 4.28. The first kappa shape index (κ1) is 17.3. The van der Waals surface area contributed by atoms with E-state index >= 15 is 0 Å². The Kier molecular flexibility index (Phi) is 5.93. The molecule has 1 aromatic heterocycles. The van der Waals surface area contributed by atoms with Gasteiger partial charge in [0.1, 0.15) is 0 Å². The molecular formula is C20H24N4O. The first-order chi connectivity index (χ1) is 12.3. The molecule has 3 aromatic rings. The summed E-state index contributed by atoms with van der Waals surface area (Å²) in [6.07, 6.45) is 3.39. The van der Waals surface area contributed by atoms with Gasteiger partial charge in [0.05, 0.1) is 11.1 Å². The van der Waals surface area contributed by atoms with Crippen LogP contribution in [0.15, 0.2) is 53.3 Å². The summed E-state index contributed by atoms with van der Waals surface area (Å²) in [5.74, 6) is 0. The normalized spacial score (nSPS) is 11.1. The molecule has 5 heteroatoms. The first-order valence-electron chi connectivity index (χ1n) is 8.77.